The Morgan fingerprint density at radius 2 is 1.88 bits per heavy atom. The van der Waals surface area contributed by atoms with Crippen molar-refractivity contribution in [3.8, 4) is 17.1 Å². The number of pyridine rings is 1. The van der Waals surface area contributed by atoms with Crippen molar-refractivity contribution in [3.63, 3.8) is 0 Å². The first-order valence-electron chi connectivity index (χ1n) is 10.2. The molecule has 1 aliphatic heterocycles. The van der Waals surface area contributed by atoms with Crippen molar-refractivity contribution in [1.29, 1.82) is 0 Å². The smallest absolute Gasteiger partial charge is 0.174 e. The summed E-state index contributed by atoms with van der Waals surface area (Å²) >= 11 is 12.0. The summed E-state index contributed by atoms with van der Waals surface area (Å²) < 4.78 is 6.33. The summed E-state index contributed by atoms with van der Waals surface area (Å²) in [5.41, 5.74) is 3.33. The number of rotatable bonds is 4. The van der Waals surface area contributed by atoms with Gasteiger partial charge < -0.3 is 19.7 Å². The van der Waals surface area contributed by atoms with Crippen molar-refractivity contribution in [1.82, 2.24) is 10.3 Å². The summed E-state index contributed by atoms with van der Waals surface area (Å²) in [5.74, 6) is 1.54. The number of furan rings is 1. The van der Waals surface area contributed by atoms with Crippen LogP contribution < -0.4 is 10.2 Å². The largest absolute Gasteiger partial charge is 0.506 e. The van der Waals surface area contributed by atoms with Crippen LogP contribution in [-0.4, -0.2) is 15.2 Å². The number of benzene rings is 2. The number of anilines is 1. The Labute approximate surface area is 196 Å². The van der Waals surface area contributed by atoms with E-state index in [0.717, 1.165) is 16.8 Å². The summed E-state index contributed by atoms with van der Waals surface area (Å²) in [6.07, 6.45) is 1.75. The van der Waals surface area contributed by atoms with Crippen molar-refractivity contribution >= 4 is 34.6 Å². The van der Waals surface area contributed by atoms with Crippen molar-refractivity contribution in [2.24, 2.45) is 0 Å². The molecule has 0 radical (unpaired) electrons. The van der Waals surface area contributed by atoms with Crippen LogP contribution >= 0.6 is 23.8 Å². The monoisotopic (exact) mass is 461 g/mol. The molecular weight excluding hydrogens is 442 g/mol. The number of nitrogens with one attached hydrogen (secondary N) is 1. The molecule has 32 heavy (non-hydrogen) atoms. The van der Waals surface area contributed by atoms with E-state index in [1.165, 1.54) is 0 Å². The van der Waals surface area contributed by atoms with Gasteiger partial charge in [0.25, 0.3) is 0 Å². The fourth-order valence-electron chi connectivity index (χ4n) is 3.98. The third kappa shape index (κ3) is 3.61. The molecular formula is C25H20ClN3O2S. The molecule has 3 heterocycles. The summed E-state index contributed by atoms with van der Waals surface area (Å²) in [6, 6.07) is 22.0. The van der Waals surface area contributed by atoms with Gasteiger partial charge in [0.05, 0.1) is 17.4 Å². The topological polar surface area (TPSA) is 61.5 Å². The van der Waals surface area contributed by atoms with Gasteiger partial charge in [-0.2, -0.15) is 0 Å². The van der Waals surface area contributed by atoms with Crippen LogP contribution in [-0.2, 0) is 0 Å². The van der Waals surface area contributed by atoms with Crippen molar-refractivity contribution in [2.75, 3.05) is 4.90 Å². The highest BCUT2D eigenvalue weighted by Crippen LogP contribution is 2.45. The molecule has 0 bridgehead atoms. The molecule has 5 nitrogen and oxygen atoms in total. The Balaban J connectivity index is 1.61. The Morgan fingerprint density at radius 3 is 2.62 bits per heavy atom. The lowest BCUT2D eigenvalue weighted by Gasteiger charge is -2.26. The first-order valence-corrected chi connectivity index (χ1v) is 11.0. The Bertz CT molecular complexity index is 1290. The standard InChI is InChI=1S/C25H20ClN3O2S/c1-15-9-10-16(14-17(15)26)21-11-12-22(31-21)24-23(18-6-4-5-13-27-18)28-25(32)29(24)19-7-2-3-8-20(19)30/h2-14,23-24,30H,1H3,(H,28,32). The first kappa shape index (κ1) is 20.5. The van der Waals surface area contributed by atoms with E-state index in [-0.39, 0.29) is 17.8 Å². The quantitative estimate of drug-likeness (QED) is 0.353. The van der Waals surface area contributed by atoms with Gasteiger partial charge in [0.15, 0.2) is 5.11 Å². The van der Waals surface area contributed by atoms with Crippen LogP contribution in [0.4, 0.5) is 5.69 Å². The lowest BCUT2D eigenvalue weighted by atomic mass is 10.0. The van der Waals surface area contributed by atoms with E-state index in [1.807, 2.05) is 72.5 Å². The zero-order chi connectivity index (χ0) is 22.2. The number of para-hydroxylation sites is 2. The van der Waals surface area contributed by atoms with Gasteiger partial charge in [0, 0.05) is 16.8 Å². The number of nitrogens with zero attached hydrogens (tertiary/aromatic N) is 2. The molecule has 1 saturated heterocycles. The third-order valence-corrected chi connectivity index (χ3v) is 6.34. The van der Waals surface area contributed by atoms with Crippen LogP contribution in [0.15, 0.2) is 83.4 Å². The average molecular weight is 462 g/mol. The molecule has 160 valence electrons. The second kappa shape index (κ2) is 8.30. The van der Waals surface area contributed by atoms with E-state index in [4.69, 9.17) is 28.2 Å². The van der Waals surface area contributed by atoms with E-state index in [2.05, 4.69) is 10.3 Å². The van der Waals surface area contributed by atoms with Gasteiger partial charge in [-0.05, 0) is 67.2 Å². The highest BCUT2D eigenvalue weighted by molar-refractivity contribution is 7.80. The minimum atomic E-state index is -0.347. The van der Waals surface area contributed by atoms with Gasteiger partial charge in [-0.25, -0.2) is 0 Å². The fraction of sp³-hybridized carbons (Fsp3) is 0.120. The van der Waals surface area contributed by atoms with Crippen LogP contribution in [0.5, 0.6) is 5.75 Å². The summed E-state index contributed by atoms with van der Waals surface area (Å²) in [4.78, 5) is 6.42. The highest BCUT2D eigenvalue weighted by Gasteiger charge is 2.43. The fourth-order valence-corrected chi connectivity index (χ4v) is 4.50. The predicted octanol–water partition coefficient (Wildman–Crippen LogP) is 6.19. The number of aryl methyl sites for hydroxylation is 1. The predicted molar refractivity (Wildman–Crippen MR) is 130 cm³/mol. The number of aromatic hydroxyl groups is 1. The number of phenols is 1. The molecule has 7 heteroatoms. The number of hydrogen-bond donors (Lipinski definition) is 2. The molecule has 4 aromatic rings. The molecule has 5 rings (SSSR count). The third-order valence-electron chi connectivity index (χ3n) is 5.61. The number of phenolic OH excluding ortho intramolecular Hbond substituents is 1. The molecule has 2 aromatic carbocycles. The lowest BCUT2D eigenvalue weighted by Crippen LogP contribution is -2.29. The maximum atomic E-state index is 10.6. The molecule has 0 aliphatic carbocycles. The van der Waals surface area contributed by atoms with Gasteiger partial charge in [0.2, 0.25) is 0 Å². The Morgan fingerprint density at radius 1 is 1.06 bits per heavy atom. The second-order valence-corrected chi connectivity index (χ2v) is 8.45. The SMILES string of the molecule is Cc1ccc(-c2ccc(C3C(c4ccccn4)NC(=S)N3c3ccccc3O)o2)cc1Cl. The highest BCUT2D eigenvalue weighted by atomic mass is 35.5. The van der Waals surface area contributed by atoms with E-state index < -0.39 is 0 Å². The van der Waals surface area contributed by atoms with Crippen molar-refractivity contribution in [3.05, 3.63) is 101 Å². The van der Waals surface area contributed by atoms with Gasteiger partial charge in [-0.15, -0.1) is 0 Å². The van der Waals surface area contributed by atoms with Gasteiger partial charge in [-0.3, -0.25) is 4.98 Å². The van der Waals surface area contributed by atoms with E-state index in [9.17, 15) is 5.11 Å². The molecule has 0 spiro atoms. The van der Waals surface area contributed by atoms with Crippen molar-refractivity contribution < 1.29 is 9.52 Å². The maximum Gasteiger partial charge on any atom is 0.174 e. The number of thiocarbonyl (C=S) groups is 1. The summed E-state index contributed by atoms with van der Waals surface area (Å²) in [6.45, 7) is 1.96. The van der Waals surface area contributed by atoms with Gasteiger partial charge in [0.1, 0.15) is 23.3 Å². The van der Waals surface area contributed by atoms with Crippen LogP contribution in [0.25, 0.3) is 11.3 Å². The van der Waals surface area contributed by atoms with Gasteiger partial charge in [-0.1, -0.05) is 41.9 Å². The second-order valence-electron chi connectivity index (χ2n) is 7.65. The minimum absolute atomic E-state index is 0.139. The minimum Gasteiger partial charge on any atom is -0.506 e. The Hall–Kier alpha value is -3.35. The molecule has 2 N–H and O–H groups in total. The molecule has 1 aliphatic rings. The molecule has 0 saturated carbocycles. The molecule has 0 amide bonds. The molecule has 1 fully saturated rings. The van der Waals surface area contributed by atoms with E-state index in [0.29, 0.717) is 27.3 Å². The van der Waals surface area contributed by atoms with E-state index >= 15 is 0 Å². The normalized spacial score (nSPS) is 18.1. The number of aromatic nitrogens is 1. The molecule has 2 atom stereocenters. The number of hydrogen-bond acceptors (Lipinski definition) is 4. The van der Waals surface area contributed by atoms with Crippen LogP contribution in [0.3, 0.4) is 0 Å². The summed E-state index contributed by atoms with van der Waals surface area (Å²) in [7, 11) is 0. The number of halogens is 1. The summed E-state index contributed by atoms with van der Waals surface area (Å²) in [5, 5.41) is 15.1. The van der Waals surface area contributed by atoms with Gasteiger partial charge >= 0.3 is 0 Å². The Kier molecular flexibility index (Phi) is 5.33. The lowest BCUT2D eigenvalue weighted by molar-refractivity contribution is 0.434. The molecule has 2 unspecified atom stereocenters. The van der Waals surface area contributed by atoms with Crippen LogP contribution in [0.1, 0.15) is 29.1 Å². The maximum absolute atomic E-state index is 10.6. The zero-order valence-corrected chi connectivity index (χ0v) is 18.8. The first-order chi connectivity index (χ1) is 15.5. The van der Waals surface area contributed by atoms with Crippen LogP contribution in [0.2, 0.25) is 5.02 Å². The van der Waals surface area contributed by atoms with Crippen LogP contribution in [0, 0.1) is 6.92 Å². The average Bonchev–Trinajstić information content (AvgIpc) is 3.41. The zero-order valence-electron chi connectivity index (χ0n) is 17.2. The van der Waals surface area contributed by atoms with Crippen molar-refractivity contribution in [2.45, 2.75) is 19.0 Å². The molecule has 2 aromatic heterocycles. The van der Waals surface area contributed by atoms with E-state index in [1.54, 1.807) is 18.3 Å².